The summed E-state index contributed by atoms with van der Waals surface area (Å²) in [6, 6.07) is 21.8. The second-order valence-corrected chi connectivity index (χ2v) is 6.82. The largest absolute Gasteiger partial charge is 0.497 e. The second-order valence-electron chi connectivity index (χ2n) is 6.82. The minimum atomic E-state index is 0.00628. The van der Waals surface area contributed by atoms with Crippen LogP contribution in [0, 0.1) is 0 Å². The third-order valence-corrected chi connectivity index (χ3v) is 5.05. The summed E-state index contributed by atoms with van der Waals surface area (Å²) in [6.07, 6.45) is 0. The fourth-order valence-electron chi connectivity index (χ4n) is 3.69. The van der Waals surface area contributed by atoms with Crippen molar-refractivity contribution in [3.8, 4) is 5.75 Å². The highest BCUT2D eigenvalue weighted by Gasteiger charge is 2.40. The van der Waals surface area contributed by atoms with Crippen LogP contribution in [-0.2, 0) is 5.41 Å². The number of benzene rings is 3. The van der Waals surface area contributed by atoms with Crippen LogP contribution in [0.3, 0.4) is 0 Å². The normalized spacial score (nSPS) is 18.5. The highest BCUT2D eigenvalue weighted by Crippen LogP contribution is 2.49. The van der Waals surface area contributed by atoms with E-state index >= 15 is 0 Å². The number of hydrogen-bond acceptors (Lipinski definition) is 2. The van der Waals surface area contributed by atoms with E-state index in [-0.39, 0.29) is 11.5 Å². The first kappa shape index (κ1) is 14.1. The van der Waals surface area contributed by atoms with Crippen LogP contribution in [0.2, 0.25) is 0 Å². The summed E-state index contributed by atoms with van der Waals surface area (Å²) in [4.78, 5) is 0. The van der Waals surface area contributed by atoms with Crippen LogP contribution >= 0.6 is 0 Å². The molecule has 1 aliphatic heterocycles. The van der Waals surface area contributed by atoms with Gasteiger partial charge in [0.25, 0.3) is 0 Å². The van der Waals surface area contributed by atoms with Gasteiger partial charge in [-0.3, -0.25) is 0 Å². The first-order valence-corrected chi connectivity index (χ1v) is 8.03. The molecule has 1 N–H and O–H groups in total. The summed E-state index contributed by atoms with van der Waals surface area (Å²) < 4.78 is 5.40. The molecule has 0 fully saturated rings. The zero-order chi connectivity index (χ0) is 16.0. The maximum absolute atomic E-state index is 5.40. The molecule has 0 amide bonds. The Balaban J connectivity index is 1.80. The Bertz CT molecular complexity index is 882. The smallest absolute Gasteiger partial charge is 0.119 e. The lowest BCUT2D eigenvalue weighted by molar-refractivity contribution is 0.411. The van der Waals surface area contributed by atoms with E-state index in [1.807, 2.05) is 6.07 Å². The minimum Gasteiger partial charge on any atom is -0.497 e. The molecular formula is C21H21NO. The molecule has 0 saturated heterocycles. The average molecular weight is 303 g/mol. The molecule has 2 nitrogen and oxygen atoms in total. The average Bonchev–Trinajstić information content (AvgIpc) is 2.85. The summed E-state index contributed by atoms with van der Waals surface area (Å²) in [6.45, 7) is 4.59. The molecule has 1 heterocycles. The van der Waals surface area contributed by atoms with Crippen LogP contribution in [0.15, 0.2) is 60.7 Å². The Labute approximate surface area is 137 Å². The number of methoxy groups -OCH3 is 1. The van der Waals surface area contributed by atoms with Crippen molar-refractivity contribution >= 4 is 16.5 Å². The standard InChI is InChI=1S/C21H21NO/c1-21(2)18-13-17(23-3)10-11-19(18)22-20(21)16-9-8-14-6-4-5-7-15(14)12-16/h4-13,20,22H,1-3H3. The van der Waals surface area contributed by atoms with E-state index < -0.39 is 0 Å². The highest BCUT2D eigenvalue weighted by molar-refractivity contribution is 5.83. The lowest BCUT2D eigenvalue weighted by Crippen LogP contribution is -2.25. The third kappa shape index (κ3) is 2.17. The Morgan fingerprint density at radius 2 is 1.70 bits per heavy atom. The molecule has 0 aliphatic carbocycles. The van der Waals surface area contributed by atoms with Crippen molar-refractivity contribution in [2.24, 2.45) is 0 Å². The number of rotatable bonds is 2. The van der Waals surface area contributed by atoms with Crippen LogP contribution in [0.4, 0.5) is 5.69 Å². The maximum atomic E-state index is 5.40. The molecule has 2 heteroatoms. The van der Waals surface area contributed by atoms with Crippen molar-refractivity contribution in [1.82, 2.24) is 0 Å². The first-order chi connectivity index (χ1) is 11.1. The van der Waals surface area contributed by atoms with E-state index in [0.29, 0.717) is 0 Å². The fraction of sp³-hybridized carbons (Fsp3) is 0.238. The van der Waals surface area contributed by atoms with Gasteiger partial charge in [0.15, 0.2) is 0 Å². The molecule has 0 aromatic heterocycles. The number of hydrogen-bond donors (Lipinski definition) is 1. The number of fused-ring (bicyclic) bond motifs is 2. The summed E-state index contributed by atoms with van der Waals surface area (Å²) in [5.41, 5.74) is 3.85. The molecule has 3 aromatic carbocycles. The van der Waals surface area contributed by atoms with Gasteiger partial charge in [-0.2, -0.15) is 0 Å². The van der Waals surface area contributed by atoms with Crippen molar-refractivity contribution in [3.05, 3.63) is 71.8 Å². The number of ether oxygens (including phenoxy) is 1. The van der Waals surface area contributed by atoms with Crippen molar-refractivity contribution in [2.45, 2.75) is 25.3 Å². The van der Waals surface area contributed by atoms with E-state index in [0.717, 1.165) is 5.75 Å². The Morgan fingerprint density at radius 3 is 2.48 bits per heavy atom. The number of anilines is 1. The van der Waals surface area contributed by atoms with E-state index in [4.69, 9.17) is 4.74 Å². The molecule has 0 radical (unpaired) electrons. The van der Waals surface area contributed by atoms with Gasteiger partial charge in [-0.15, -0.1) is 0 Å². The van der Waals surface area contributed by atoms with Crippen molar-refractivity contribution in [3.63, 3.8) is 0 Å². The molecule has 0 spiro atoms. The van der Waals surface area contributed by atoms with E-state index in [2.05, 4.69) is 73.8 Å². The van der Waals surface area contributed by atoms with Crippen LogP contribution in [0.25, 0.3) is 10.8 Å². The highest BCUT2D eigenvalue weighted by atomic mass is 16.5. The van der Waals surface area contributed by atoms with Gasteiger partial charge in [-0.25, -0.2) is 0 Å². The topological polar surface area (TPSA) is 21.3 Å². The molecule has 1 atom stereocenters. The SMILES string of the molecule is COc1ccc2c(c1)C(C)(C)C(c1ccc3ccccc3c1)N2. The minimum absolute atomic E-state index is 0.00628. The predicted octanol–water partition coefficient (Wildman–Crippen LogP) is 5.29. The first-order valence-electron chi connectivity index (χ1n) is 8.03. The molecule has 0 bridgehead atoms. The maximum Gasteiger partial charge on any atom is 0.119 e. The summed E-state index contributed by atoms with van der Waals surface area (Å²) in [7, 11) is 1.72. The summed E-state index contributed by atoms with van der Waals surface area (Å²) >= 11 is 0. The van der Waals surface area contributed by atoms with Gasteiger partial charge in [0, 0.05) is 11.1 Å². The molecule has 23 heavy (non-hydrogen) atoms. The van der Waals surface area contributed by atoms with Crippen molar-refractivity contribution in [1.29, 1.82) is 0 Å². The van der Waals surface area contributed by atoms with Gasteiger partial charge >= 0.3 is 0 Å². The van der Waals surface area contributed by atoms with Gasteiger partial charge < -0.3 is 10.1 Å². The molecular weight excluding hydrogens is 282 g/mol. The quantitative estimate of drug-likeness (QED) is 0.694. The lowest BCUT2D eigenvalue weighted by Gasteiger charge is -2.28. The molecule has 3 aromatic rings. The fourth-order valence-corrected chi connectivity index (χ4v) is 3.69. The molecule has 4 rings (SSSR count). The van der Waals surface area contributed by atoms with Crippen molar-refractivity contribution in [2.75, 3.05) is 12.4 Å². The lowest BCUT2D eigenvalue weighted by atomic mass is 9.77. The van der Waals surface area contributed by atoms with Gasteiger partial charge in [0.05, 0.1) is 13.2 Å². The van der Waals surface area contributed by atoms with Gasteiger partial charge in [0.2, 0.25) is 0 Å². The van der Waals surface area contributed by atoms with Gasteiger partial charge in [-0.1, -0.05) is 50.2 Å². The Kier molecular flexibility index (Phi) is 3.08. The summed E-state index contributed by atoms with van der Waals surface area (Å²) in [5.74, 6) is 0.915. The molecule has 1 unspecified atom stereocenters. The van der Waals surface area contributed by atoms with E-state index in [9.17, 15) is 0 Å². The second kappa shape index (κ2) is 5.02. The van der Waals surface area contributed by atoms with Crippen LogP contribution in [-0.4, -0.2) is 7.11 Å². The van der Waals surface area contributed by atoms with E-state index in [1.165, 1.54) is 27.6 Å². The predicted molar refractivity (Wildman–Crippen MR) is 96.3 cm³/mol. The Morgan fingerprint density at radius 1 is 0.913 bits per heavy atom. The molecule has 1 aliphatic rings. The summed E-state index contributed by atoms with van der Waals surface area (Å²) in [5, 5.41) is 6.27. The van der Waals surface area contributed by atoms with Crippen LogP contribution < -0.4 is 10.1 Å². The van der Waals surface area contributed by atoms with Crippen LogP contribution in [0.1, 0.15) is 31.0 Å². The molecule has 116 valence electrons. The third-order valence-electron chi connectivity index (χ3n) is 5.05. The monoisotopic (exact) mass is 303 g/mol. The van der Waals surface area contributed by atoms with Gasteiger partial charge in [0.1, 0.15) is 5.75 Å². The number of nitrogens with one attached hydrogen (secondary N) is 1. The zero-order valence-electron chi connectivity index (χ0n) is 13.8. The molecule has 0 saturated carbocycles. The Hall–Kier alpha value is -2.48. The van der Waals surface area contributed by atoms with E-state index in [1.54, 1.807) is 7.11 Å². The zero-order valence-corrected chi connectivity index (χ0v) is 13.8. The van der Waals surface area contributed by atoms with Crippen molar-refractivity contribution < 1.29 is 4.74 Å². The van der Waals surface area contributed by atoms with Gasteiger partial charge in [-0.05, 0) is 46.2 Å². The van der Waals surface area contributed by atoms with Crippen LogP contribution in [0.5, 0.6) is 5.75 Å².